The fourth-order valence-corrected chi connectivity index (χ4v) is 4.32. The van der Waals surface area contributed by atoms with Gasteiger partial charge in [0, 0.05) is 64.9 Å². The van der Waals surface area contributed by atoms with Gasteiger partial charge >= 0.3 is 0 Å². The molecule has 2 fully saturated rings. The van der Waals surface area contributed by atoms with Gasteiger partial charge in [0.1, 0.15) is 6.67 Å². The van der Waals surface area contributed by atoms with E-state index in [1.54, 1.807) is 0 Å². The van der Waals surface area contributed by atoms with E-state index in [1.807, 2.05) is 34.7 Å². The number of hydrogen-bond acceptors (Lipinski definition) is 5. The van der Waals surface area contributed by atoms with Crippen LogP contribution in [0.1, 0.15) is 89.5 Å². The summed E-state index contributed by atoms with van der Waals surface area (Å²) in [5, 5.41) is 2.32. The second-order valence-corrected chi connectivity index (χ2v) is 10.9. The maximum Gasteiger partial charge on any atom is 0.102 e. The molecule has 6 heteroatoms. The van der Waals surface area contributed by atoms with Crippen molar-refractivity contribution in [1.29, 1.82) is 0 Å². The third kappa shape index (κ3) is 20.0. The predicted octanol–water partition coefficient (Wildman–Crippen LogP) is 5.87. The number of likely N-dealkylation sites (N-methyl/N-ethyl adjacent to an activating group) is 1. The summed E-state index contributed by atoms with van der Waals surface area (Å²) in [5.41, 5.74) is 3.94. The van der Waals surface area contributed by atoms with E-state index in [0.717, 1.165) is 39.3 Å². The lowest BCUT2D eigenvalue weighted by molar-refractivity contribution is 0.147. The van der Waals surface area contributed by atoms with E-state index in [4.69, 9.17) is 0 Å². The molecule has 0 spiro atoms. The second-order valence-electron chi connectivity index (χ2n) is 10.9. The van der Waals surface area contributed by atoms with Crippen molar-refractivity contribution < 1.29 is 4.39 Å². The van der Waals surface area contributed by atoms with Gasteiger partial charge in [0.25, 0.3) is 0 Å². The fourth-order valence-electron chi connectivity index (χ4n) is 4.32. The molecule has 0 aromatic rings. The summed E-state index contributed by atoms with van der Waals surface area (Å²) in [6.07, 6.45) is 1.25. The van der Waals surface area contributed by atoms with Crippen molar-refractivity contribution in [3.05, 3.63) is 0 Å². The summed E-state index contributed by atoms with van der Waals surface area (Å²) in [4.78, 5) is 7.12. The molecule has 0 amide bonds. The van der Waals surface area contributed by atoms with Crippen molar-refractivity contribution in [2.24, 2.45) is 10.8 Å². The molecule has 34 heavy (non-hydrogen) atoms. The van der Waals surface area contributed by atoms with Gasteiger partial charge in [-0.2, -0.15) is 0 Å². The van der Waals surface area contributed by atoms with Gasteiger partial charge < -0.3 is 4.90 Å². The van der Waals surface area contributed by atoms with Gasteiger partial charge in [0.15, 0.2) is 0 Å². The highest BCUT2D eigenvalue weighted by Crippen LogP contribution is 2.22. The Labute approximate surface area is 215 Å². The van der Waals surface area contributed by atoms with Gasteiger partial charge in [-0.3, -0.25) is 15.2 Å². The van der Waals surface area contributed by atoms with Gasteiger partial charge in [-0.05, 0) is 38.8 Å². The standard InChI is InChI=1S/C11H25N3.C10H21FN2.C3H8.2C2H6/c1-10(2)13-6-7-14(12-5)9-11(3,4)8-13;1-10(2)8-12(3)6-7-13(9-10)5-4-11;1-3-2;2*1-2/h10,12H,6-9H2,1-5H3;4-9H2,1-3H3;3H2,1-2H3;2*1-2H3. The van der Waals surface area contributed by atoms with E-state index >= 15 is 0 Å². The van der Waals surface area contributed by atoms with Crippen molar-refractivity contribution in [3.8, 4) is 0 Å². The Balaban J connectivity index is -0.000000448. The Kier molecular flexibility index (Phi) is 24.7. The highest BCUT2D eigenvalue weighted by Gasteiger charge is 2.29. The molecule has 2 rings (SSSR count). The van der Waals surface area contributed by atoms with Crippen LogP contribution in [0.25, 0.3) is 0 Å². The van der Waals surface area contributed by atoms with Crippen molar-refractivity contribution in [2.75, 3.05) is 79.7 Å². The first-order chi connectivity index (χ1) is 15.9. The number of rotatable bonds is 4. The lowest BCUT2D eigenvalue weighted by atomic mass is 9.92. The van der Waals surface area contributed by atoms with Crippen LogP contribution in [0.15, 0.2) is 0 Å². The smallest absolute Gasteiger partial charge is 0.102 e. The Morgan fingerprint density at radius 2 is 1.29 bits per heavy atom. The van der Waals surface area contributed by atoms with Gasteiger partial charge in [-0.25, -0.2) is 9.40 Å². The predicted molar refractivity (Wildman–Crippen MR) is 153 cm³/mol. The van der Waals surface area contributed by atoms with Crippen molar-refractivity contribution in [3.63, 3.8) is 0 Å². The first-order valence-corrected chi connectivity index (χ1v) is 14.0. The molecular formula is C28H66FN5. The largest absolute Gasteiger partial charge is 0.305 e. The topological polar surface area (TPSA) is 25.0 Å². The van der Waals surface area contributed by atoms with Gasteiger partial charge in [0.05, 0.1) is 0 Å². The summed E-state index contributed by atoms with van der Waals surface area (Å²) >= 11 is 0. The maximum absolute atomic E-state index is 12.2. The second kappa shape index (κ2) is 22.0. The zero-order valence-corrected chi connectivity index (χ0v) is 26.0. The van der Waals surface area contributed by atoms with Crippen LogP contribution in [0.5, 0.6) is 0 Å². The van der Waals surface area contributed by atoms with E-state index in [9.17, 15) is 4.39 Å². The monoisotopic (exact) mass is 492 g/mol. The number of alkyl halides is 1. The minimum atomic E-state index is -0.222. The molecular weight excluding hydrogens is 425 g/mol. The summed E-state index contributed by atoms with van der Waals surface area (Å²) in [6.45, 7) is 35.2. The molecule has 210 valence electrons. The van der Waals surface area contributed by atoms with Crippen LogP contribution in [0.2, 0.25) is 0 Å². The van der Waals surface area contributed by atoms with Crippen molar-refractivity contribution in [1.82, 2.24) is 25.1 Å². The number of nitrogens with zero attached hydrogens (tertiary/aromatic N) is 4. The number of nitrogens with one attached hydrogen (secondary N) is 1. The van der Waals surface area contributed by atoms with Crippen LogP contribution in [0.4, 0.5) is 4.39 Å². The molecule has 2 saturated heterocycles. The van der Waals surface area contributed by atoms with E-state index in [-0.39, 0.29) is 6.67 Å². The third-order valence-electron chi connectivity index (χ3n) is 5.50. The van der Waals surface area contributed by atoms with Gasteiger partial charge in [0.2, 0.25) is 0 Å². The molecule has 5 nitrogen and oxygen atoms in total. The van der Waals surface area contributed by atoms with E-state index in [2.05, 4.69) is 87.6 Å². The first kappa shape index (κ1) is 38.3. The minimum Gasteiger partial charge on any atom is -0.305 e. The average molecular weight is 492 g/mol. The first-order valence-electron chi connectivity index (χ1n) is 14.0. The normalized spacial score (nSPS) is 21.2. The van der Waals surface area contributed by atoms with E-state index in [1.165, 1.54) is 19.5 Å². The molecule has 1 N–H and O–H groups in total. The van der Waals surface area contributed by atoms with Crippen LogP contribution >= 0.6 is 0 Å². The van der Waals surface area contributed by atoms with Crippen LogP contribution < -0.4 is 5.43 Å². The summed E-state index contributed by atoms with van der Waals surface area (Å²) < 4.78 is 12.2. The SMILES string of the molecule is CC.CC.CCC.CN1CCN(CCF)CC(C)(C)C1.CNN1CCN(C(C)C)CC(C)(C)C1. The van der Waals surface area contributed by atoms with Crippen LogP contribution in [-0.2, 0) is 0 Å². The molecule has 0 aromatic carbocycles. The zero-order chi connectivity index (χ0) is 27.4. The summed E-state index contributed by atoms with van der Waals surface area (Å²) in [7, 11) is 4.15. The highest BCUT2D eigenvalue weighted by molar-refractivity contribution is 4.83. The molecule has 2 aliphatic rings. The number of hydrazine groups is 1. The quantitative estimate of drug-likeness (QED) is 0.530. The molecule has 0 bridgehead atoms. The minimum absolute atomic E-state index is 0.222. The highest BCUT2D eigenvalue weighted by atomic mass is 19.1. The van der Waals surface area contributed by atoms with Crippen LogP contribution in [0, 0.1) is 10.8 Å². The molecule has 0 aliphatic carbocycles. The van der Waals surface area contributed by atoms with Gasteiger partial charge in [-0.15, -0.1) is 0 Å². The van der Waals surface area contributed by atoms with Crippen molar-refractivity contribution in [2.45, 2.75) is 95.5 Å². The summed E-state index contributed by atoms with van der Waals surface area (Å²) in [5.74, 6) is 0. The summed E-state index contributed by atoms with van der Waals surface area (Å²) in [6, 6.07) is 0.658. The lowest BCUT2D eigenvalue weighted by Gasteiger charge is -2.32. The molecule has 0 atom stereocenters. The van der Waals surface area contributed by atoms with Crippen molar-refractivity contribution >= 4 is 0 Å². The third-order valence-corrected chi connectivity index (χ3v) is 5.50. The number of halogens is 1. The Hall–Kier alpha value is -0.270. The molecule has 0 aromatic heterocycles. The molecule has 0 unspecified atom stereocenters. The molecule has 2 heterocycles. The van der Waals surface area contributed by atoms with E-state index < -0.39 is 0 Å². The Morgan fingerprint density at radius 1 is 0.794 bits per heavy atom. The van der Waals surface area contributed by atoms with Gasteiger partial charge in [-0.1, -0.05) is 75.7 Å². The van der Waals surface area contributed by atoms with E-state index in [0.29, 0.717) is 23.4 Å². The lowest BCUT2D eigenvalue weighted by Crippen LogP contribution is -2.42. The molecule has 2 aliphatic heterocycles. The maximum atomic E-state index is 12.2. The molecule has 0 saturated carbocycles. The Morgan fingerprint density at radius 3 is 1.74 bits per heavy atom. The fraction of sp³-hybridized carbons (Fsp3) is 1.00. The average Bonchev–Trinajstić information content (AvgIpc) is 3.01. The number of hydrogen-bond donors (Lipinski definition) is 1. The van der Waals surface area contributed by atoms with Crippen LogP contribution in [-0.4, -0.2) is 105 Å². The van der Waals surface area contributed by atoms with Crippen LogP contribution in [0.3, 0.4) is 0 Å². The molecule has 0 radical (unpaired) electrons. The zero-order valence-electron chi connectivity index (χ0n) is 26.0. The Bertz CT molecular complexity index is 429.